The van der Waals surface area contributed by atoms with E-state index in [1.807, 2.05) is 0 Å². The van der Waals surface area contributed by atoms with Crippen LogP contribution in [0.25, 0.3) is 0 Å². The zero-order valence-electron chi connectivity index (χ0n) is 11.3. The van der Waals surface area contributed by atoms with E-state index in [9.17, 15) is 4.79 Å². The number of piperidine rings is 1. The smallest absolute Gasteiger partial charge is 0.233 e. The van der Waals surface area contributed by atoms with Crippen LogP contribution in [-0.2, 0) is 9.53 Å². The van der Waals surface area contributed by atoms with Gasteiger partial charge in [-0.3, -0.25) is 4.79 Å². The highest BCUT2D eigenvalue weighted by atomic mass is 35.5. The molecule has 4 nitrogen and oxygen atoms in total. The Kier molecular flexibility index (Phi) is 5.27. The van der Waals surface area contributed by atoms with Crippen molar-refractivity contribution in [3.63, 3.8) is 0 Å². The number of ether oxygens (including phenoxy) is 1. The third-order valence-electron chi connectivity index (χ3n) is 3.66. The molecule has 0 spiro atoms. The van der Waals surface area contributed by atoms with Crippen molar-refractivity contribution in [2.45, 2.75) is 12.8 Å². The van der Waals surface area contributed by atoms with Crippen LogP contribution in [0, 0.1) is 5.41 Å². The molecule has 2 N–H and O–H groups in total. The van der Waals surface area contributed by atoms with Crippen LogP contribution in [0.4, 0.5) is 5.69 Å². The molecule has 1 aliphatic rings. The second-order valence-corrected chi connectivity index (χ2v) is 5.83. The molecule has 1 heterocycles. The maximum absolute atomic E-state index is 12.6. The Morgan fingerprint density at radius 2 is 1.95 bits per heavy atom. The lowest BCUT2D eigenvalue weighted by Crippen LogP contribution is -2.47. The number of carbonyl (C=O) groups excluding carboxylic acids is 1. The molecule has 0 unspecified atom stereocenters. The number of methoxy groups -OCH3 is 1. The summed E-state index contributed by atoms with van der Waals surface area (Å²) in [5.74, 6) is -0.0872. The zero-order valence-corrected chi connectivity index (χ0v) is 12.9. The largest absolute Gasteiger partial charge is 0.384 e. The minimum Gasteiger partial charge on any atom is -0.384 e. The zero-order chi connectivity index (χ0) is 14.6. The lowest BCUT2D eigenvalue weighted by atomic mass is 9.78. The van der Waals surface area contributed by atoms with Crippen molar-refractivity contribution in [1.29, 1.82) is 0 Å². The van der Waals surface area contributed by atoms with Crippen molar-refractivity contribution in [3.8, 4) is 0 Å². The van der Waals surface area contributed by atoms with Gasteiger partial charge in [-0.2, -0.15) is 0 Å². The summed E-state index contributed by atoms with van der Waals surface area (Å²) in [6.45, 7) is 1.99. The molecule has 110 valence electrons. The van der Waals surface area contributed by atoms with Gasteiger partial charge in [-0.25, -0.2) is 0 Å². The molecule has 1 amide bonds. The Balaban J connectivity index is 2.20. The molecule has 0 atom stereocenters. The van der Waals surface area contributed by atoms with E-state index in [1.165, 1.54) is 0 Å². The van der Waals surface area contributed by atoms with E-state index in [4.69, 9.17) is 27.9 Å². The first-order chi connectivity index (χ1) is 9.59. The van der Waals surface area contributed by atoms with E-state index in [0.717, 1.165) is 25.9 Å². The van der Waals surface area contributed by atoms with Crippen LogP contribution in [-0.4, -0.2) is 32.7 Å². The molecule has 1 saturated heterocycles. The Morgan fingerprint density at radius 1 is 1.35 bits per heavy atom. The number of hydrogen-bond donors (Lipinski definition) is 2. The van der Waals surface area contributed by atoms with Gasteiger partial charge in [0.25, 0.3) is 0 Å². The van der Waals surface area contributed by atoms with Crippen LogP contribution in [0.1, 0.15) is 12.8 Å². The summed E-state index contributed by atoms with van der Waals surface area (Å²) in [6, 6.07) is 5.15. The van der Waals surface area contributed by atoms with Gasteiger partial charge in [0.05, 0.1) is 27.8 Å². The van der Waals surface area contributed by atoms with Crippen molar-refractivity contribution >= 4 is 34.8 Å². The summed E-state index contributed by atoms with van der Waals surface area (Å²) in [6.07, 6.45) is 1.46. The van der Waals surface area contributed by atoms with E-state index in [1.54, 1.807) is 25.3 Å². The summed E-state index contributed by atoms with van der Waals surface area (Å²) in [7, 11) is 1.61. The summed E-state index contributed by atoms with van der Waals surface area (Å²) >= 11 is 12.2. The van der Waals surface area contributed by atoms with Crippen LogP contribution in [0.5, 0.6) is 0 Å². The van der Waals surface area contributed by atoms with Gasteiger partial charge < -0.3 is 15.4 Å². The number of hydrogen-bond acceptors (Lipinski definition) is 3. The second-order valence-electron chi connectivity index (χ2n) is 5.01. The molecule has 1 aliphatic heterocycles. The van der Waals surface area contributed by atoms with Gasteiger partial charge in [0.2, 0.25) is 5.91 Å². The number of rotatable bonds is 4. The number of nitrogens with one attached hydrogen (secondary N) is 2. The minimum atomic E-state index is -0.525. The number of carbonyl (C=O) groups is 1. The van der Waals surface area contributed by atoms with Crippen molar-refractivity contribution in [2.75, 3.05) is 32.1 Å². The number of halogens is 2. The number of para-hydroxylation sites is 1. The Bertz CT molecular complexity index is 462. The van der Waals surface area contributed by atoms with Gasteiger partial charge >= 0.3 is 0 Å². The topological polar surface area (TPSA) is 50.4 Å². The van der Waals surface area contributed by atoms with Crippen molar-refractivity contribution in [3.05, 3.63) is 28.2 Å². The second kappa shape index (κ2) is 6.76. The number of amides is 1. The van der Waals surface area contributed by atoms with Gasteiger partial charge in [0.15, 0.2) is 0 Å². The molecular weight excluding hydrogens is 299 g/mol. The van der Waals surface area contributed by atoms with Crippen LogP contribution < -0.4 is 10.6 Å². The summed E-state index contributed by atoms with van der Waals surface area (Å²) < 4.78 is 5.25. The molecule has 0 radical (unpaired) electrons. The number of benzene rings is 1. The predicted molar refractivity (Wildman–Crippen MR) is 81.5 cm³/mol. The Morgan fingerprint density at radius 3 is 2.50 bits per heavy atom. The van der Waals surface area contributed by atoms with E-state index in [2.05, 4.69) is 10.6 Å². The summed E-state index contributed by atoms with van der Waals surface area (Å²) in [4.78, 5) is 12.6. The first-order valence-corrected chi connectivity index (χ1v) is 7.30. The highest BCUT2D eigenvalue weighted by molar-refractivity contribution is 6.39. The molecule has 6 heteroatoms. The fourth-order valence-electron chi connectivity index (χ4n) is 2.48. The van der Waals surface area contributed by atoms with Crippen LogP contribution in [0.15, 0.2) is 18.2 Å². The fraction of sp³-hybridized carbons (Fsp3) is 0.500. The first kappa shape index (κ1) is 15.6. The molecule has 0 saturated carbocycles. The SMILES string of the molecule is COCC1(C(=O)Nc2c(Cl)cccc2Cl)CCNCC1. The molecule has 20 heavy (non-hydrogen) atoms. The number of anilines is 1. The van der Waals surface area contributed by atoms with Crippen molar-refractivity contribution < 1.29 is 9.53 Å². The molecule has 0 aliphatic carbocycles. The van der Waals surface area contributed by atoms with Gasteiger partial charge in [-0.1, -0.05) is 29.3 Å². The lowest BCUT2D eigenvalue weighted by molar-refractivity contribution is -0.130. The standard InChI is InChI=1S/C14H18Cl2N2O2/c1-20-9-14(5-7-17-8-6-14)13(19)18-12-10(15)3-2-4-11(12)16/h2-4,17H,5-9H2,1H3,(H,18,19). The molecule has 1 aromatic rings. The Labute approximate surface area is 128 Å². The van der Waals surface area contributed by atoms with Crippen LogP contribution in [0.3, 0.4) is 0 Å². The normalized spacial score (nSPS) is 17.8. The quantitative estimate of drug-likeness (QED) is 0.898. The molecule has 1 aromatic carbocycles. The highest BCUT2D eigenvalue weighted by Crippen LogP contribution is 2.35. The fourth-order valence-corrected chi connectivity index (χ4v) is 2.97. The van der Waals surface area contributed by atoms with Gasteiger partial charge in [-0.05, 0) is 38.1 Å². The average Bonchev–Trinajstić information content (AvgIpc) is 2.44. The lowest BCUT2D eigenvalue weighted by Gasteiger charge is -2.35. The van der Waals surface area contributed by atoms with Gasteiger partial charge in [0, 0.05) is 7.11 Å². The summed E-state index contributed by atoms with van der Waals surface area (Å²) in [5.41, 5.74) is -0.0579. The molecule has 0 bridgehead atoms. The highest BCUT2D eigenvalue weighted by Gasteiger charge is 2.40. The van der Waals surface area contributed by atoms with E-state index in [0.29, 0.717) is 22.3 Å². The monoisotopic (exact) mass is 316 g/mol. The Hall–Kier alpha value is -0.810. The van der Waals surface area contributed by atoms with Gasteiger partial charge in [0.1, 0.15) is 0 Å². The third kappa shape index (κ3) is 3.26. The maximum Gasteiger partial charge on any atom is 0.233 e. The van der Waals surface area contributed by atoms with E-state index < -0.39 is 5.41 Å². The maximum atomic E-state index is 12.6. The molecule has 2 rings (SSSR count). The minimum absolute atomic E-state index is 0.0872. The van der Waals surface area contributed by atoms with Gasteiger partial charge in [-0.15, -0.1) is 0 Å². The summed E-state index contributed by atoms with van der Waals surface area (Å²) in [5, 5.41) is 6.99. The van der Waals surface area contributed by atoms with Crippen LogP contribution in [0.2, 0.25) is 10.0 Å². The van der Waals surface area contributed by atoms with Crippen molar-refractivity contribution in [1.82, 2.24) is 5.32 Å². The molecule has 0 aromatic heterocycles. The van der Waals surface area contributed by atoms with Crippen LogP contribution >= 0.6 is 23.2 Å². The average molecular weight is 317 g/mol. The third-order valence-corrected chi connectivity index (χ3v) is 4.29. The van der Waals surface area contributed by atoms with Crippen molar-refractivity contribution in [2.24, 2.45) is 5.41 Å². The van der Waals surface area contributed by atoms with E-state index in [-0.39, 0.29) is 5.91 Å². The predicted octanol–water partition coefficient (Wildman–Crippen LogP) is 2.95. The molecular formula is C14H18Cl2N2O2. The molecule has 1 fully saturated rings. The van der Waals surface area contributed by atoms with E-state index >= 15 is 0 Å². The first-order valence-electron chi connectivity index (χ1n) is 6.54.